The summed E-state index contributed by atoms with van der Waals surface area (Å²) in [5.41, 5.74) is 1.75. The second-order valence-corrected chi connectivity index (χ2v) is 4.62. The fraction of sp³-hybridized carbons (Fsp3) is 0.133. The lowest BCUT2D eigenvalue weighted by molar-refractivity contribution is -0.120. The molecule has 3 nitrogen and oxygen atoms in total. The van der Waals surface area contributed by atoms with Crippen LogP contribution in [0.3, 0.4) is 0 Å². The normalized spacial score (nSPS) is 10.2. The van der Waals surface area contributed by atoms with E-state index >= 15 is 0 Å². The number of carbonyl (C=O) groups excluding carboxylic acids is 1. The average Bonchev–Trinajstić information content (AvgIpc) is 2.41. The molecule has 0 aliphatic heterocycles. The minimum atomic E-state index is -0.0822. The van der Waals surface area contributed by atoms with Gasteiger partial charge in [0, 0.05) is 11.6 Å². The van der Waals surface area contributed by atoms with Gasteiger partial charge in [-0.1, -0.05) is 41.9 Å². The minimum absolute atomic E-state index is 0.0822. The zero-order valence-corrected chi connectivity index (χ0v) is 11.0. The van der Waals surface area contributed by atoms with Gasteiger partial charge in [0.1, 0.15) is 5.75 Å². The van der Waals surface area contributed by atoms with Crippen molar-refractivity contribution in [3.8, 4) is 5.75 Å². The van der Waals surface area contributed by atoms with Crippen molar-refractivity contribution < 1.29 is 9.90 Å². The first-order valence-corrected chi connectivity index (χ1v) is 6.31. The number of hydrogen-bond donors (Lipinski definition) is 2. The van der Waals surface area contributed by atoms with Gasteiger partial charge in [0.2, 0.25) is 5.91 Å². The predicted molar refractivity (Wildman–Crippen MR) is 75.1 cm³/mol. The van der Waals surface area contributed by atoms with Gasteiger partial charge in [0.25, 0.3) is 0 Å². The highest BCUT2D eigenvalue weighted by Gasteiger charge is 2.06. The highest BCUT2D eigenvalue weighted by atomic mass is 35.5. The molecule has 0 saturated carbocycles. The van der Waals surface area contributed by atoms with Crippen LogP contribution in [-0.2, 0) is 17.8 Å². The van der Waals surface area contributed by atoms with E-state index in [1.54, 1.807) is 30.3 Å². The van der Waals surface area contributed by atoms with E-state index in [4.69, 9.17) is 16.7 Å². The number of aromatic hydroxyl groups is 1. The zero-order valence-electron chi connectivity index (χ0n) is 10.3. The molecule has 0 bridgehead atoms. The van der Waals surface area contributed by atoms with Gasteiger partial charge in [-0.05, 0) is 29.3 Å². The Morgan fingerprint density at radius 2 is 1.79 bits per heavy atom. The van der Waals surface area contributed by atoms with E-state index in [1.165, 1.54) is 0 Å². The van der Waals surface area contributed by atoms with Crippen molar-refractivity contribution in [1.29, 1.82) is 0 Å². The van der Waals surface area contributed by atoms with Crippen molar-refractivity contribution in [1.82, 2.24) is 5.32 Å². The van der Waals surface area contributed by atoms with E-state index < -0.39 is 0 Å². The van der Waals surface area contributed by atoms with Gasteiger partial charge < -0.3 is 10.4 Å². The maximum atomic E-state index is 11.8. The summed E-state index contributed by atoms with van der Waals surface area (Å²) in [6.07, 6.45) is 0.262. The Balaban J connectivity index is 1.88. The van der Waals surface area contributed by atoms with E-state index in [-0.39, 0.29) is 18.1 Å². The van der Waals surface area contributed by atoms with Gasteiger partial charge in [0.15, 0.2) is 0 Å². The molecule has 0 aliphatic rings. The number of phenolic OH excluding ortho intramolecular Hbond substituents is 1. The molecule has 0 atom stereocenters. The largest absolute Gasteiger partial charge is 0.508 e. The number of hydrogen-bond acceptors (Lipinski definition) is 2. The number of halogens is 1. The van der Waals surface area contributed by atoms with Crippen LogP contribution in [0.25, 0.3) is 0 Å². The molecule has 0 spiro atoms. The van der Waals surface area contributed by atoms with Crippen molar-refractivity contribution in [3.63, 3.8) is 0 Å². The van der Waals surface area contributed by atoms with Crippen LogP contribution >= 0.6 is 11.6 Å². The second-order valence-electron chi connectivity index (χ2n) is 4.21. The molecule has 0 radical (unpaired) electrons. The molecule has 98 valence electrons. The van der Waals surface area contributed by atoms with Gasteiger partial charge in [0.05, 0.1) is 6.42 Å². The van der Waals surface area contributed by atoms with Crippen LogP contribution in [0.2, 0.25) is 5.02 Å². The summed E-state index contributed by atoms with van der Waals surface area (Å²) in [6, 6.07) is 14.0. The standard InChI is InChI=1S/C15H14ClNO2/c16-14-4-2-1-3-12(14)9-15(19)17-10-11-5-7-13(18)8-6-11/h1-8,18H,9-10H2,(H,17,19). The molecule has 0 saturated heterocycles. The summed E-state index contributed by atoms with van der Waals surface area (Å²) in [6.45, 7) is 0.434. The smallest absolute Gasteiger partial charge is 0.224 e. The van der Waals surface area contributed by atoms with Crippen molar-refractivity contribution in [2.45, 2.75) is 13.0 Å². The van der Waals surface area contributed by atoms with Crippen molar-refractivity contribution >= 4 is 17.5 Å². The van der Waals surface area contributed by atoms with Crippen LogP contribution in [0.4, 0.5) is 0 Å². The van der Waals surface area contributed by atoms with E-state index in [2.05, 4.69) is 5.32 Å². The van der Waals surface area contributed by atoms with Crippen LogP contribution in [-0.4, -0.2) is 11.0 Å². The van der Waals surface area contributed by atoms with Gasteiger partial charge in [-0.15, -0.1) is 0 Å². The number of phenols is 1. The van der Waals surface area contributed by atoms with Gasteiger partial charge in [-0.2, -0.15) is 0 Å². The summed E-state index contributed by atoms with van der Waals surface area (Å²) in [5.74, 6) is 0.132. The summed E-state index contributed by atoms with van der Waals surface area (Å²) >= 11 is 6.00. The van der Waals surface area contributed by atoms with Crippen LogP contribution < -0.4 is 5.32 Å². The summed E-state index contributed by atoms with van der Waals surface area (Å²) in [4.78, 5) is 11.8. The summed E-state index contributed by atoms with van der Waals surface area (Å²) in [5, 5.41) is 12.6. The van der Waals surface area contributed by atoms with Gasteiger partial charge >= 0.3 is 0 Å². The van der Waals surface area contributed by atoms with E-state index in [1.807, 2.05) is 18.2 Å². The Kier molecular flexibility index (Phi) is 4.42. The molecule has 2 aromatic rings. The molecule has 2 aromatic carbocycles. The molecule has 2 N–H and O–H groups in total. The summed E-state index contributed by atoms with van der Waals surface area (Å²) < 4.78 is 0. The molecular weight excluding hydrogens is 262 g/mol. The number of benzene rings is 2. The highest BCUT2D eigenvalue weighted by Crippen LogP contribution is 2.15. The van der Waals surface area contributed by atoms with Gasteiger partial charge in [-0.3, -0.25) is 4.79 Å². The topological polar surface area (TPSA) is 49.3 Å². The monoisotopic (exact) mass is 275 g/mol. The fourth-order valence-corrected chi connectivity index (χ4v) is 1.89. The van der Waals surface area contributed by atoms with Crippen molar-refractivity contribution in [2.24, 2.45) is 0 Å². The Bertz CT molecular complexity index is 567. The Morgan fingerprint density at radius 3 is 2.47 bits per heavy atom. The molecular formula is C15H14ClNO2. The number of rotatable bonds is 4. The fourth-order valence-electron chi connectivity index (χ4n) is 1.69. The molecule has 0 fully saturated rings. The summed E-state index contributed by atoms with van der Waals surface area (Å²) in [7, 11) is 0. The maximum Gasteiger partial charge on any atom is 0.224 e. The first-order chi connectivity index (χ1) is 9.15. The number of amides is 1. The average molecular weight is 276 g/mol. The van der Waals surface area contributed by atoms with Crippen LogP contribution in [0.15, 0.2) is 48.5 Å². The van der Waals surface area contributed by atoms with Crippen molar-refractivity contribution in [3.05, 3.63) is 64.7 Å². The third kappa shape index (κ3) is 4.00. The second kappa shape index (κ2) is 6.25. The third-order valence-electron chi connectivity index (χ3n) is 2.73. The molecule has 4 heteroatoms. The molecule has 0 unspecified atom stereocenters. The maximum absolute atomic E-state index is 11.8. The minimum Gasteiger partial charge on any atom is -0.508 e. The zero-order chi connectivity index (χ0) is 13.7. The van der Waals surface area contributed by atoms with Crippen LogP contribution in [0.5, 0.6) is 5.75 Å². The van der Waals surface area contributed by atoms with Crippen LogP contribution in [0, 0.1) is 0 Å². The van der Waals surface area contributed by atoms with E-state index in [0.29, 0.717) is 11.6 Å². The molecule has 0 aliphatic carbocycles. The molecule has 2 rings (SSSR count). The van der Waals surface area contributed by atoms with E-state index in [0.717, 1.165) is 11.1 Å². The molecule has 0 aromatic heterocycles. The number of carbonyl (C=O) groups is 1. The lowest BCUT2D eigenvalue weighted by Gasteiger charge is -2.06. The highest BCUT2D eigenvalue weighted by molar-refractivity contribution is 6.31. The van der Waals surface area contributed by atoms with Crippen molar-refractivity contribution in [2.75, 3.05) is 0 Å². The molecule has 1 amide bonds. The van der Waals surface area contributed by atoms with Crippen LogP contribution in [0.1, 0.15) is 11.1 Å². The molecule has 19 heavy (non-hydrogen) atoms. The molecule has 0 heterocycles. The first kappa shape index (κ1) is 13.4. The first-order valence-electron chi connectivity index (χ1n) is 5.93. The quantitative estimate of drug-likeness (QED) is 0.901. The lowest BCUT2D eigenvalue weighted by atomic mass is 10.1. The van der Waals surface area contributed by atoms with Gasteiger partial charge in [-0.25, -0.2) is 0 Å². The Morgan fingerprint density at radius 1 is 1.11 bits per heavy atom. The lowest BCUT2D eigenvalue weighted by Crippen LogP contribution is -2.24. The Labute approximate surface area is 116 Å². The van der Waals surface area contributed by atoms with E-state index in [9.17, 15) is 4.79 Å². The Hall–Kier alpha value is -2.00. The third-order valence-corrected chi connectivity index (χ3v) is 3.10. The SMILES string of the molecule is O=C(Cc1ccccc1Cl)NCc1ccc(O)cc1. The number of nitrogens with one attached hydrogen (secondary N) is 1. The predicted octanol–water partition coefficient (Wildman–Crippen LogP) is 2.90.